The number of rotatable bonds is 4. The van der Waals surface area contributed by atoms with Crippen molar-refractivity contribution in [2.24, 2.45) is 0 Å². The number of benzene rings is 2. The highest BCUT2D eigenvalue weighted by Crippen LogP contribution is 2.36. The van der Waals surface area contributed by atoms with Gasteiger partial charge in [0.1, 0.15) is 16.5 Å². The molecule has 20 heavy (non-hydrogen) atoms. The SMILES string of the molecule is COc1cc(NC(=S)c2ccccc2)c(OC)cc1Cl. The fourth-order valence-corrected chi connectivity index (χ4v) is 2.22. The molecule has 104 valence electrons. The van der Waals surface area contributed by atoms with Crippen LogP contribution in [0.4, 0.5) is 5.69 Å². The Morgan fingerprint density at radius 2 is 1.70 bits per heavy atom. The van der Waals surface area contributed by atoms with Gasteiger partial charge >= 0.3 is 0 Å². The van der Waals surface area contributed by atoms with Gasteiger partial charge in [-0.3, -0.25) is 0 Å². The second kappa shape index (κ2) is 6.59. The summed E-state index contributed by atoms with van der Waals surface area (Å²) in [7, 11) is 3.14. The Bertz CT molecular complexity index is 617. The first-order chi connectivity index (χ1) is 9.65. The summed E-state index contributed by atoms with van der Waals surface area (Å²) in [6, 6.07) is 13.1. The second-order valence-electron chi connectivity index (χ2n) is 4.01. The van der Waals surface area contributed by atoms with Crippen LogP contribution < -0.4 is 14.8 Å². The Balaban J connectivity index is 2.31. The number of ether oxygens (including phenoxy) is 2. The lowest BCUT2D eigenvalue weighted by atomic mass is 10.2. The van der Waals surface area contributed by atoms with Crippen LogP contribution in [0.2, 0.25) is 5.02 Å². The predicted molar refractivity (Wildman–Crippen MR) is 86.3 cm³/mol. The average Bonchev–Trinajstić information content (AvgIpc) is 2.49. The van der Waals surface area contributed by atoms with Crippen molar-refractivity contribution < 1.29 is 9.47 Å². The molecule has 0 unspecified atom stereocenters. The van der Waals surface area contributed by atoms with Gasteiger partial charge in [-0.25, -0.2) is 0 Å². The summed E-state index contributed by atoms with van der Waals surface area (Å²) in [5.41, 5.74) is 1.64. The van der Waals surface area contributed by atoms with Crippen molar-refractivity contribution in [3.8, 4) is 11.5 Å². The van der Waals surface area contributed by atoms with E-state index < -0.39 is 0 Å². The first kappa shape index (κ1) is 14.6. The minimum Gasteiger partial charge on any atom is -0.495 e. The molecule has 0 saturated carbocycles. The van der Waals surface area contributed by atoms with Crippen molar-refractivity contribution in [2.75, 3.05) is 19.5 Å². The molecule has 0 heterocycles. The van der Waals surface area contributed by atoms with Crippen molar-refractivity contribution in [3.63, 3.8) is 0 Å². The third kappa shape index (κ3) is 3.21. The van der Waals surface area contributed by atoms with Crippen molar-refractivity contribution in [1.82, 2.24) is 0 Å². The number of nitrogens with one attached hydrogen (secondary N) is 1. The van der Waals surface area contributed by atoms with Gasteiger partial charge in [0.25, 0.3) is 0 Å². The van der Waals surface area contributed by atoms with E-state index in [0.29, 0.717) is 27.2 Å². The number of anilines is 1. The molecule has 1 N–H and O–H groups in total. The maximum absolute atomic E-state index is 6.07. The highest BCUT2D eigenvalue weighted by Gasteiger charge is 2.11. The number of hydrogen-bond donors (Lipinski definition) is 1. The molecule has 0 amide bonds. The third-order valence-electron chi connectivity index (χ3n) is 2.76. The average molecular weight is 308 g/mol. The van der Waals surface area contributed by atoms with Crippen molar-refractivity contribution >= 4 is 34.5 Å². The van der Waals surface area contributed by atoms with E-state index in [2.05, 4.69) is 5.32 Å². The summed E-state index contributed by atoms with van der Waals surface area (Å²) in [5, 5.41) is 3.63. The molecule has 2 aromatic carbocycles. The second-order valence-corrected chi connectivity index (χ2v) is 4.82. The van der Waals surface area contributed by atoms with Gasteiger partial charge in [0.05, 0.1) is 24.9 Å². The molecular formula is C15H14ClNO2S. The summed E-state index contributed by atoms with van der Waals surface area (Å²) in [5.74, 6) is 1.17. The molecule has 0 aliphatic carbocycles. The van der Waals surface area contributed by atoms with Gasteiger partial charge in [-0.2, -0.15) is 0 Å². The fraction of sp³-hybridized carbons (Fsp3) is 0.133. The summed E-state index contributed by atoms with van der Waals surface area (Å²) < 4.78 is 10.5. The van der Waals surface area contributed by atoms with E-state index in [-0.39, 0.29) is 0 Å². The topological polar surface area (TPSA) is 30.5 Å². The Morgan fingerprint density at radius 1 is 1.05 bits per heavy atom. The zero-order chi connectivity index (χ0) is 14.5. The van der Waals surface area contributed by atoms with E-state index in [1.54, 1.807) is 26.4 Å². The van der Waals surface area contributed by atoms with E-state index in [1.807, 2.05) is 30.3 Å². The van der Waals surface area contributed by atoms with Gasteiger partial charge in [-0.1, -0.05) is 54.2 Å². The summed E-state index contributed by atoms with van der Waals surface area (Å²) in [4.78, 5) is 0.605. The zero-order valence-corrected chi connectivity index (χ0v) is 12.7. The first-order valence-corrected chi connectivity index (χ1v) is 6.72. The van der Waals surface area contributed by atoms with Crippen LogP contribution >= 0.6 is 23.8 Å². The van der Waals surface area contributed by atoms with E-state index >= 15 is 0 Å². The molecule has 0 radical (unpaired) electrons. The molecule has 5 heteroatoms. The van der Waals surface area contributed by atoms with Gasteiger partial charge in [0, 0.05) is 17.7 Å². The van der Waals surface area contributed by atoms with Crippen LogP contribution in [-0.2, 0) is 0 Å². The Morgan fingerprint density at radius 3 is 2.30 bits per heavy atom. The smallest absolute Gasteiger partial charge is 0.144 e. The Labute approximate surface area is 128 Å². The minimum absolute atomic E-state index is 0.487. The predicted octanol–water partition coefficient (Wildman–Crippen LogP) is 4.14. The van der Waals surface area contributed by atoms with Crippen LogP contribution in [0.25, 0.3) is 0 Å². The highest BCUT2D eigenvalue weighted by atomic mass is 35.5. The number of halogens is 1. The van der Waals surface area contributed by atoms with Crippen molar-refractivity contribution in [3.05, 3.63) is 53.1 Å². The van der Waals surface area contributed by atoms with Crippen LogP contribution in [0.1, 0.15) is 5.56 Å². The van der Waals surface area contributed by atoms with Crippen LogP contribution in [-0.4, -0.2) is 19.2 Å². The molecule has 0 spiro atoms. The molecule has 0 fully saturated rings. The quantitative estimate of drug-likeness (QED) is 0.860. The van der Waals surface area contributed by atoms with Crippen LogP contribution in [0.5, 0.6) is 11.5 Å². The van der Waals surface area contributed by atoms with E-state index in [0.717, 1.165) is 5.56 Å². The molecule has 0 aromatic heterocycles. The van der Waals surface area contributed by atoms with E-state index in [1.165, 1.54) is 0 Å². The largest absolute Gasteiger partial charge is 0.495 e. The summed E-state index contributed by atoms with van der Waals surface area (Å²) in [6.07, 6.45) is 0. The van der Waals surface area contributed by atoms with Crippen molar-refractivity contribution in [2.45, 2.75) is 0 Å². The standard InChI is InChI=1S/C15H14ClNO2S/c1-18-13-9-12(14(19-2)8-11(13)16)17-15(20)10-6-4-3-5-7-10/h3-9H,1-2H3,(H,17,20). The van der Waals surface area contributed by atoms with Crippen LogP contribution in [0.3, 0.4) is 0 Å². The highest BCUT2D eigenvalue weighted by molar-refractivity contribution is 7.81. The maximum Gasteiger partial charge on any atom is 0.144 e. The Kier molecular flexibility index (Phi) is 4.82. The van der Waals surface area contributed by atoms with Crippen LogP contribution in [0.15, 0.2) is 42.5 Å². The van der Waals surface area contributed by atoms with Gasteiger partial charge in [-0.05, 0) is 0 Å². The molecule has 0 aliphatic heterocycles. The number of hydrogen-bond acceptors (Lipinski definition) is 3. The van der Waals surface area contributed by atoms with Crippen molar-refractivity contribution in [1.29, 1.82) is 0 Å². The lowest BCUT2D eigenvalue weighted by molar-refractivity contribution is 0.405. The Hall–Kier alpha value is -1.78. The maximum atomic E-state index is 6.07. The first-order valence-electron chi connectivity index (χ1n) is 5.93. The molecule has 2 rings (SSSR count). The fourth-order valence-electron chi connectivity index (χ4n) is 1.74. The van der Waals surface area contributed by atoms with Crippen LogP contribution in [0, 0.1) is 0 Å². The monoisotopic (exact) mass is 307 g/mol. The molecule has 2 aromatic rings. The summed E-state index contributed by atoms with van der Waals surface area (Å²) >= 11 is 11.5. The normalized spacial score (nSPS) is 9.95. The number of methoxy groups -OCH3 is 2. The zero-order valence-electron chi connectivity index (χ0n) is 11.1. The van der Waals surface area contributed by atoms with Gasteiger partial charge in [0.2, 0.25) is 0 Å². The lowest BCUT2D eigenvalue weighted by Crippen LogP contribution is -2.11. The lowest BCUT2D eigenvalue weighted by Gasteiger charge is -2.14. The molecule has 0 aliphatic rings. The van der Waals surface area contributed by atoms with Gasteiger partial charge in [0.15, 0.2) is 0 Å². The van der Waals surface area contributed by atoms with E-state index in [4.69, 9.17) is 33.3 Å². The molecule has 0 saturated heterocycles. The van der Waals surface area contributed by atoms with E-state index in [9.17, 15) is 0 Å². The summed E-state index contributed by atoms with van der Waals surface area (Å²) in [6.45, 7) is 0. The number of thiocarbonyl (C=S) groups is 1. The third-order valence-corrected chi connectivity index (χ3v) is 3.39. The molecule has 3 nitrogen and oxygen atoms in total. The molecular weight excluding hydrogens is 294 g/mol. The van der Waals surface area contributed by atoms with Gasteiger partial charge < -0.3 is 14.8 Å². The minimum atomic E-state index is 0.487. The molecule has 0 atom stereocenters. The van der Waals surface area contributed by atoms with Gasteiger partial charge in [-0.15, -0.1) is 0 Å². The molecule has 0 bridgehead atoms.